The van der Waals surface area contributed by atoms with Gasteiger partial charge < -0.3 is 0 Å². The van der Waals surface area contributed by atoms with Crippen molar-refractivity contribution in [2.45, 2.75) is 38.5 Å². The lowest BCUT2D eigenvalue weighted by Crippen LogP contribution is -2.28. The molecule has 9 heavy (non-hydrogen) atoms. The van der Waals surface area contributed by atoms with Gasteiger partial charge in [-0.2, -0.15) is 0 Å². The van der Waals surface area contributed by atoms with Crippen LogP contribution in [0.4, 0.5) is 0 Å². The van der Waals surface area contributed by atoms with E-state index in [1.165, 1.54) is 0 Å². The van der Waals surface area contributed by atoms with Crippen LogP contribution in [0.25, 0.3) is 0 Å². The summed E-state index contributed by atoms with van der Waals surface area (Å²) in [5.74, 6) is 0.0779. The minimum absolute atomic E-state index is 0.0779. The molecule has 0 heterocycles. The van der Waals surface area contributed by atoms with Gasteiger partial charge in [0, 0.05) is 0 Å². The predicted octanol–water partition coefficient (Wildman–Crippen LogP) is 2.37. The third-order valence-electron chi connectivity index (χ3n) is 1.75. The van der Waals surface area contributed by atoms with Crippen molar-refractivity contribution in [1.29, 1.82) is 0 Å². The predicted molar refractivity (Wildman–Crippen MR) is 39.8 cm³/mol. The van der Waals surface area contributed by atoms with E-state index >= 15 is 0 Å². The average Bonchev–Trinajstić information content (AvgIpc) is 1.86. The van der Waals surface area contributed by atoms with Gasteiger partial charge in [-0.15, -0.1) is 11.6 Å². The summed E-state index contributed by atoms with van der Waals surface area (Å²) >= 11 is 5.89. The van der Waals surface area contributed by atoms with Gasteiger partial charge in [0.25, 0.3) is 0 Å². The van der Waals surface area contributed by atoms with Gasteiger partial charge in [-0.1, -0.05) is 13.8 Å². The summed E-state index contributed by atoms with van der Waals surface area (Å²) in [7, 11) is 0. The van der Waals surface area contributed by atoms with Crippen LogP contribution in [-0.4, -0.2) is 10.7 Å². The number of hydrogen-bond donors (Lipinski definition) is 0. The number of alkyl halides is 1. The van der Waals surface area contributed by atoms with Gasteiger partial charge >= 0.3 is 0 Å². The van der Waals surface area contributed by atoms with Crippen LogP contribution in [-0.2, 0) is 4.79 Å². The summed E-state index contributed by atoms with van der Waals surface area (Å²) in [6.45, 7) is 5.40. The van der Waals surface area contributed by atoms with Gasteiger partial charge in [0.1, 0.15) is 4.87 Å². The van der Waals surface area contributed by atoms with Crippen LogP contribution < -0.4 is 0 Å². The van der Waals surface area contributed by atoms with Gasteiger partial charge in [-0.25, -0.2) is 0 Å². The summed E-state index contributed by atoms with van der Waals surface area (Å²) in [4.78, 5) is 10.2. The molecule has 0 aromatic heterocycles. The lowest BCUT2D eigenvalue weighted by Gasteiger charge is -2.18. The number of Topliss-reactive ketones (excluding diaryl/α,β-unsaturated/α-hetero) is 1. The Morgan fingerprint density at radius 2 is 1.78 bits per heavy atom. The minimum Gasteiger partial charge on any atom is -0.298 e. The summed E-state index contributed by atoms with van der Waals surface area (Å²) in [6, 6.07) is 0. The summed E-state index contributed by atoms with van der Waals surface area (Å²) in [5.41, 5.74) is 0. The molecule has 0 fully saturated rings. The van der Waals surface area contributed by atoms with Crippen molar-refractivity contribution in [1.82, 2.24) is 0 Å². The monoisotopic (exact) mass is 148 g/mol. The number of hydrogen-bond acceptors (Lipinski definition) is 1. The highest BCUT2D eigenvalue weighted by Gasteiger charge is 2.27. The van der Waals surface area contributed by atoms with Gasteiger partial charge in [0.2, 0.25) is 0 Å². The number of rotatable bonds is 3. The van der Waals surface area contributed by atoms with Crippen molar-refractivity contribution in [3.05, 3.63) is 0 Å². The van der Waals surface area contributed by atoms with Crippen LogP contribution in [0.15, 0.2) is 0 Å². The molecule has 0 bridgehead atoms. The molecule has 54 valence electrons. The Morgan fingerprint density at radius 3 is 1.78 bits per heavy atom. The normalized spacial score (nSPS) is 11.6. The molecular formula is C7H13ClO. The van der Waals surface area contributed by atoms with Crippen molar-refractivity contribution in [3.63, 3.8) is 0 Å². The van der Waals surface area contributed by atoms with Crippen molar-refractivity contribution in [2.24, 2.45) is 0 Å². The molecule has 0 amide bonds. The van der Waals surface area contributed by atoms with E-state index in [1.54, 1.807) is 6.92 Å². The molecule has 0 radical (unpaired) electrons. The molecule has 0 aliphatic heterocycles. The second-order valence-electron chi connectivity index (χ2n) is 2.23. The summed E-state index contributed by atoms with van der Waals surface area (Å²) in [5, 5.41) is 0. The van der Waals surface area contributed by atoms with Crippen LogP contribution in [0.3, 0.4) is 0 Å². The molecule has 0 spiro atoms. The Morgan fingerprint density at radius 1 is 1.44 bits per heavy atom. The van der Waals surface area contributed by atoms with Crippen LogP contribution in [0.2, 0.25) is 0 Å². The largest absolute Gasteiger partial charge is 0.298 e. The van der Waals surface area contributed by atoms with Crippen LogP contribution in [0, 0.1) is 0 Å². The third-order valence-corrected chi connectivity index (χ3v) is 2.55. The fourth-order valence-corrected chi connectivity index (χ4v) is 0.748. The van der Waals surface area contributed by atoms with Crippen LogP contribution in [0.1, 0.15) is 33.6 Å². The second-order valence-corrected chi connectivity index (χ2v) is 2.95. The zero-order valence-corrected chi connectivity index (χ0v) is 6.96. The molecule has 0 aromatic carbocycles. The van der Waals surface area contributed by atoms with Crippen molar-refractivity contribution in [2.75, 3.05) is 0 Å². The molecule has 0 rings (SSSR count). The molecule has 0 saturated heterocycles. The maximum atomic E-state index is 10.8. The molecule has 0 unspecified atom stereocenters. The van der Waals surface area contributed by atoms with Gasteiger partial charge in [-0.3, -0.25) is 4.79 Å². The Bertz CT molecular complexity index is 105. The molecule has 2 heteroatoms. The lowest BCUT2D eigenvalue weighted by molar-refractivity contribution is -0.119. The van der Waals surface area contributed by atoms with Crippen molar-refractivity contribution < 1.29 is 4.79 Å². The van der Waals surface area contributed by atoms with E-state index in [9.17, 15) is 4.79 Å². The Hall–Kier alpha value is -0.0400. The maximum Gasteiger partial charge on any atom is 0.150 e. The maximum absolute atomic E-state index is 10.8. The first-order chi connectivity index (χ1) is 4.06. The first-order valence-electron chi connectivity index (χ1n) is 3.26. The van der Waals surface area contributed by atoms with E-state index < -0.39 is 4.87 Å². The molecule has 0 aromatic rings. The van der Waals surface area contributed by atoms with E-state index in [0.717, 1.165) is 12.8 Å². The number of ketones is 1. The fraction of sp³-hybridized carbons (Fsp3) is 0.857. The van der Waals surface area contributed by atoms with E-state index in [0.29, 0.717) is 0 Å². The summed E-state index contributed by atoms with van der Waals surface area (Å²) < 4.78 is 0. The molecule has 0 saturated carbocycles. The second kappa shape index (κ2) is 3.21. The molecule has 0 aliphatic carbocycles. The van der Waals surface area contributed by atoms with Crippen molar-refractivity contribution in [3.8, 4) is 0 Å². The molecule has 0 atom stereocenters. The zero-order chi connectivity index (χ0) is 7.49. The van der Waals surface area contributed by atoms with Gasteiger partial charge in [0.15, 0.2) is 5.78 Å². The molecular weight excluding hydrogens is 136 g/mol. The Balaban J connectivity index is 4.09. The topological polar surface area (TPSA) is 17.1 Å². The highest BCUT2D eigenvalue weighted by Crippen LogP contribution is 2.24. The molecule has 1 nitrogen and oxygen atoms in total. The quantitative estimate of drug-likeness (QED) is 0.562. The number of carbonyl (C=O) groups excluding carboxylic acids is 1. The van der Waals surface area contributed by atoms with E-state index in [-0.39, 0.29) is 5.78 Å². The fourth-order valence-electron chi connectivity index (χ4n) is 0.748. The van der Waals surface area contributed by atoms with Gasteiger partial charge in [0.05, 0.1) is 0 Å². The van der Waals surface area contributed by atoms with Crippen LogP contribution in [0.5, 0.6) is 0 Å². The van der Waals surface area contributed by atoms with Crippen molar-refractivity contribution >= 4 is 17.4 Å². The SMILES string of the molecule is CCC(Cl)(CC)C(C)=O. The highest BCUT2D eigenvalue weighted by molar-refractivity contribution is 6.34. The van der Waals surface area contributed by atoms with Crippen LogP contribution >= 0.6 is 11.6 Å². The Kier molecular flexibility index (Phi) is 3.20. The first kappa shape index (κ1) is 8.96. The zero-order valence-electron chi connectivity index (χ0n) is 6.20. The smallest absolute Gasteiger partial charge is 0.150 e. The summed E-state index contributed by atoms with van der Waals surface area (Å²) in [6.07, 6.45) is 1.45. The first-order valence-corrected chi connectivity index (χ1v) is 3.64. The molecule has 0 aliphatic rings. The Labute approximate surface area is 61.4 Å². The average molecular weight is 149 g/mol. The van der Waals surface area contributed by atoms with E-state index in [4.69, 9.17) is 11.6 Å². The number of carbonyl (C=O) groups is 1. The third kappa shape index (κ3) is 1.98. The van der Waals surface area contributed by atoms with E-state index in [2.05, 4.69) is 0 Å². The number of halogens is 1. The molecule has 0 N–H and O–H groups in total. The van der Waals surface area contributed by atoms with E-state index in [1.807, 2.05) is 13.8 Å². The highest BCUT2D eigenvalue weighted by atomic mass is 35.5. The lowest BCUT2D eigenvalue weighted by atomic mass is 9.98. The standard InChI is InChI=1S/C7H13ClO/c1-4-7(8,5-2)6(3)9/h4-5H2,1-3H3. The van der Waals surface area contributed by atoms with Gasteiger partial charge in [-0.05, 0) is 19.8 Å². The minimum atomic E-state index is -0.583.